The predicted molar refractivity (Wildman–Crippen MR) is 153 cm³/mol. The maximum absolute atomic E-state index is 13.8. The van der Waals surface area contributed by atoms with E-state index in [0.29, 0.717) is 6.54 Å². The maximum atomic E-state index is 13.8. The van der Waals surface area contributed by atoms with Gasteiger partial charge in [-0.3, -0.25) is 9.59 Å². The molecular weight excluding hydrogens is 470 g/mol. The van der Waals surface area contributed by atoms with Crippen LogP contribution in [-0.4, -0.2) is 34.4 Å². The fourth-order valence-electron chi connectivity index (χ4n) is 5.61. The minimum atomic E-state index is 0.0645. The van der Waals surface area contributed by atoms with Crippen LogP contribution in [0, 0.1) is 19.8 Å². The molecule has 1 saturated carbocycles. The fraction of sp³-hybridized carbons (Fsp3) is 0.455. The van der Waals surface area contributed by atoms with Gasteiger partial charge >= 0.3 is 0 Å². The summed E-state index contributed by atoms with van der Waals surface area (Å²) in [6.07, 6.45) is 8.68. The molecule has 200 valence electrons. The van der Waals surface area contributed by atoms with E-state index in [9.17, 15) is 9.59 Å². The molecule has 0 unspecified atom stereocenters. The second-order valence-corrected chi connectivity index (χ2v) is 11.1. The maximum Gasteiger partial charge on any atom is 0.254 e. The molecule has 0 N–H and O–H groups in total. The SMILES string of the molecule is Cc1ccc(C)n1Cc1ccc(C(=O)N2CCCCCCCCN(C(=O)C3CC3)c3ccccc3C2)cc1. The number of hydrogen-bond donors (Lipinski definition) is 0. The number of anilines is 1. The lowest BCUT2D eigenvalue weighted by atomic mass is 10.1. The van der Waals surface area contributed by atoms with Crippen molar-refractivity contribution in [2.24, 2.45) is 5.92 Å². The van der Waals surface area contributed by atoms with Gasteiger partial charge in [0.05, 0.1) is 0 Å². The van der Waals surface area contributed by atoms with Crippen molar-refractivity contribution >= 4 is 17.5 Å². The van der Waals surface area contributed by atoms with Crippen LogP contribution in [0.15, 0.2) is 60.7 Å². The molecule has 2 aromatic carbocycles. The average molecular weight is 512 g/mol. The largest absolute Gasteiger partial charge is 0.345 e. The summed E-state index contributed by atoms with van der Waals surface area (Å²) < 4.78 is 2.29. The van der Waals surface area contributed by atoms with E-state index in [-0.39, 0.29) is 17.7 Å². The van der Waals surface area contributed by atoms with E-state index < -0.39 is 0 Å². The summed E-state index contributed by atoms with van der Waals surface area (Å²) in [4.78, 5) is 31.1. The van der Waals surface area contributed by atoms with Gasteiger partial charge in [-0.05, 0) is 81.0 Å². The third-order valence-electron chi connectivity index (χ3n) is 8.14. The molecule has 38 heavy (non-hydrogen) atoms. The molecule has 2 heterocycles. The van der Waals surface area contributed by atoms with Gasteiger partial charge in [0.1, 0.15) is 0 Å². The number of para-hydroxylation sites is 1. The van der Waals surface area contributed by atoms with Crippen molar-refractivity contribution in [3.63, 3.8) is 0 Å². The number of aryl methyl sites for hydroxylation is 2. The Balaban J connectivity index is 1.38. The Morgan fingerprint density at radius 2 is 1.39 bits per heavy atom. The molecule has 5 heteroatoms. The van der Waals surface area contributed by atoms with E-state index in [1.807, 2.05) is 34.1 Å². The first-order valence-corrected chi connectivity index (χ1v) is 14.4. The van der Waals surface area contributed by atoms with E-state index in [1.165, 1.54) is 29.8 Å². The summed E-state index contributed by atoms with van der Waals surface area (Å²) in [5.74, 6) is 0.498. The Morgan fingerprint density at radius 1 is 0.763 bits per heavy atom. The summed E-state index contributed by atoms with van der Waals surface area (Å²) >= 11 is 0. The number of fused-ring (bicyclic) bond motifs is 1. The molecule has 5 nitrogen and oxygen atoms in total. The Kier molecular flexibility index (Phi) is 8.31. The first-order valence-electron chi connectivity index (χ1n) is 14.4. The van der Waals surface area contributed by atoms with E-state index >= 15 is 0 Å². The van der Waals surface area contributed by atoms with Crippen LogP contribution in [0.4, 0.5) is 5.69 Å². The zero-order valence-corrected chi connectivity index (χ0v) is 23.0. The number of aromatic nitrogens is 1. The van der Waals surface area contributed by atoms with Gasteiger partial charge in [0, 0.05) is 54.7 Å². The molecule has 0 radical (unpaired) electrons. The minimum Gasteiger partial charge on any atom is -0.345 e. The molecule has 1 aliphatic carbocycles. The highest BCUT2D eigenvalue weighted by Gasteiger charge is 2.34. The number of benzene rings is 2. The van der Waals surface area contributed by atoms with Gasteiger partial charge in [-0.2, -0.15) is 0 Å². The van der Waals surface area contributed by atoms with Crippen LogP contribution < -0.4 is 4.90 Å². The van der Waals surface area contributed by atoms with Crippen molar-refractivity contribution in [3.05, 3.63) is 88.7 Å². The van der Waals surface area contributed by atoms with Crippen molar-refractivity contribution in [1.82, 2.24) is 9.47 Å². The minimum absolute atomic E-state index is 0.0645. The second-order valence-electron chi connectivity index (χ2n) is 11.1. The number of amides is 2. The first kappa shape index (κ1) is 26.3. The quantitative estimate of drug-likeness (QED) is 0.383. The number of rotatable bonds is 4. The summed E-state index contributed by atoms with van der Waals surface area (Å²) in [5.41, 5.74) is 6.44. The molecule has 3 aromatic rings. The third-order valence-corrected chi connectivity index (χ3v) is 8.14. The van der Waals surface area contributed by atoms with Gasteiger partial charge < -0.3 is 14.4 Å². The molecule has 1 aromatic heterocycles. The summed E-state index contributed by atoms with van der Waals surface area (Å²) in [5, 5.41) is 0. The highest BCUT2D eigenvalue weighted by atomic mass is 16.2. The Morgan fingerprint density at radius 3 is 2.08 bits per heavy atom. The summed E-state index contributed by atoms with van der Waals surface area (Å²) in [6, 6.07) is 20.6. The van der Waals surface area contributed by atoms with Crippen molar-refractivity contribution in [1.29, 1.82) is 0 Å². The highest BCUT2D eigenvalue weighted by Crippen LogP contribution is 2.34. The molecule has 0 bridgehead atoms. The summed E-state index contributed by atoms with van der Waals surface area (Å²) in [6.45, 7) is 7.07. The standard InChI is InChI=1S/C33H41N3O2/c1-25-13-14-26(2)36(25)23-27-15-17-28(18-16-27)32(37)34-21-9-5-3-4-6-10-22-35(33(38)29-19-20-29)31-12-8-7-11-30(31)24-34/h7-8,11-18,29H,3-6,9-10,19-24H2,1-2H3. The third kappa shape index (κ3) is 6.20. The molecular formula is C33H41N3O2. The van der Waals surface area contributed by atoms with Gasteiger partial charge in [0.2, 0.25) is 5.91 Å². The van der Waals surface area contributed by atoms with Crippen LogP contribution in [0.3, 0.4) is 0 Å². The zero-order valence-electron chi connectivity index (χ0n) is 23.0. The lowest BCUT2D eigenvalue weighted by Gasteiger charge is -2.28. The molecule has 2 aliphatic rings. The normalized spacial score (nSPS) is 17.2. The molecule has 1 aliphatic heterocycles. The summed E-state index contributed by atoms with van der Waals surface area (Å²) in [7, 11) is 0. The molecule has 0 spiro atoms. The van der Waals surface area contributed by atoms with Crippen molar-refractivity contribution in [2.75, 3.05) is 18.0 Å². The highest BCUT2D eigenvalue weighted by molar-refractivity contribution is 5.97. The van der Waals surface area contributed by atoms with E-state index in [2.05, 4.69) is 54.8 Å². The zero-order chi connectivity index (χ0) is 26.5. The van der Waals surface area contributed by atoms with Gasteiger partial charge in [-0.15, -0.1) is 0 Å². The lowest BCUT2D eigenvalue weighted by molar-refractivity contribution is -0.119. The molecule has 5 rings (SSSR count). The van der Waals surface area contributed by atoms with Crippen LogP contribution in [0.1, 0.15) is 84.2 Å². The van der Waals surface area contributed by atoms with Crippen molar-refractivity contribution in [2.45, 2.75) is 78.3 Å². The van der Waals surface area contributed by atoms with Crippen LogP contribution in [0.5, 0.6) is 0 Å². The monoisotopic (exact) mass is 511 g/mol. The van der Waals surface area contributed by atoms with E-state index in [4.69, 9.17) is 0 Å². The Labute approximate surface area is 227 Å². The molecule has 2 amide bonds. The first-order chi connectivity index (χ1) is 18.5. The van der Waals surface area contributed by atoms with Gasteiger partial charge in [0.25, 0.3) is 5.91 Å². The number of hydrogen-bond acceptors (Lipinski definition) is 2. The molecule has 0 atom stereocenters. The van der Waals surface area contributed by atoms with Crippen LogP contribution in [0.25, 0.3) is 0 Å². The van der Waals surface area contributed by atoms with E-state index in [0.717, 1.165) is 75.0 Å². The smallest absolute Gasteiger partial charge is 0.254 e. The average Bonchev–Trinajstić information content (AvgIpc) is 3.73. The van der Waals surface area contributed by atoms with Gasteiger partial charge in [-0.1, -0.05) is 56.0 Å². The molecule has 0 saturated heterocycles. The fourth-order valence-corrected chi connectivity index (χ4v) is 5.61. The topological polar surface area (TPSA) is 45.6 Å². The van der Waals surface area contributed by atoms with E-state index in [1.54, 1.807) is 0 Å². The van der Waals surface area contributed by atoms with Crippen LogP contribution in [-0.2, 0) is 17.9 Å². The van der Waals surface area contributed by atoms with Crippen molar-refractivity contribution in [3.8, 4) is 0 Å². The van der Waals surface area contributed by atoms with Crippen LogP contribution in [0.2, 0.25) is 0 Å². The number of carbonyl (C=O) groups is 2. The van der Waals surface area contributed by atoms with Gasteiger partial charge in [0.15, 0.2) is 0 Å². The second kappa shape index (κ2) is 12.0. The number of carbonyl (C=O) groups excluding carboxylic acids is 2. The number of nitrogens with zero attached hydrogens (tertiary/aromatic N) is 3. The molecule has 1 fully saturated rings. The Bertz CT molecular complexity index is 1240. The van der Waals surface area contributed by atoms with Crippen LogP contribution >= 0.6 is 0 Å². The predicted octanol–water partition coefficient (Wildman–Crippen LogP) is 6.89. The van der Waals surface area contributed by atoms with Crippen molar-refractivity contribution < 1.29 is 9.59 Å². The lowest BCUT2D eigenvalue weighted by Crippen LogP contribution is -2.36. The Hall–Kier alpha value is -3.34. The van der Waals surface area contributed by atoms with Gasteiger partial charge in [-0.25, -0.2) is 0 Å².